The molecule has 1 fully saturated rings. The molecular weight excluding hydrogens is 290 g/mol. The van der Waals surface area contributed by atoms with Gasteiger partial charge in [0.2, 0.25) is 0 Å². The summed E-state index contributed by atoms with van der Waals surface area (Å²) in [5.41, 5.74) is -0.350. The van der Waals surface area contributed by atoms with Crippen LogP contribution in [0.1, 0.15) is 13.8 Å². The molecule has 0 spiro atoms. The second-order valence-corrected chi connectivity index (χ2v) is 6.46. The molecule has 70 valence electrons. The van der Waals surface area contributed by atoms with E-state index in [1.54, 1.807) is 0 Å². The quantitative estimate of drug-likeness (QED) is 0.465. The van der Waals surface area contributed by atoms with Crippen molar-refractivity contribution in [3.63, 3.8) is 0 Å². The van der Waals surface area contributed by atoms with Crippen LogP contribution in [0.3, 0.4) is 0 Å². The average molecular weight is 302 g/mol. The molecule has 1 saturated heterocycles. The minimum Gasteiger partial charge on any atom is -0.452 e. The summed E-state index contributed by atoms with van der Waals surface area (Å²) >= 11 is 6.19. The van der Waals surface area contributed by atoms with Crippen LogP contribution in [0.5, 0.6) is 0 Å². The Hall–Kier alpha value is 0.390. The summed E-state index contributed by atoms with van der Waals surface area (Å²) in [6.45, 7) is 4.92. The molecule has 2 N–H and O–H groups in total. The van der Waals surface area contributed by atoms with E-state index in [4.69, 9.17) is 4.74 Å². The number of quaternary nitrogens is 1. The molecule has 0 aromatic rings. The maximum Gasteiger partial charge on any atom is 0.331 e. The molecule has 1 atom stereocenters. The Balaban J connectivity index is 2.43. The number of esters is 1. The lowest BCUT2D eigenvalue weighted by atomic mass is 10.1. The van der Waals surface area contributed by atoms with Gasteiger partial charge in [-0.1, -0.05) is 31.9 Å². The molecule has 0 saturated carbocycles. The predicted octanol–water partition coefficient (Wildman–Crippen LogP) is 0.370. The molecule has 0 aromatic heterocycles. The molecule has 1 rings (SSSR count). The zero-order valence-corrected chi connectivity index (χ0v) is 10.2. The highest BCUT2D eigenvalue weighted by molar-refractivity contribution is 9.25. The highest BCUT2D eigenvalue weighted by Crippen LogP contribution is 2.20. The highest BCUT2D eigenvalue weighted by Gasteiger charge is 2.46. The van der Waals surface area contributed by atoms with Crippen molar-refractivity contribution in [3.05, 3.63) is 0 Å². The Labute approximate surface area is 88.5 Å². The van der Waals surface area contributed by atoms with Crippen molar-refractivity contribution in [1.82, 2.24) is 0 Å². The third-order valence-electron chi connectivity index (χ3n) is 1.91. The van der Waals surface area contributed by atoms with Gasteiger partial charge in [-0.15, -0.1) is 0 Å². The summed E-state index contributed by atoms with van der Waals surface area (Å²) in [7, 11) is 0. The van der Waals surface area contributed by atoms with Crippen LogP contribution in [-0.4, -0.2) is 27.9 Å². The number of alkyl halides is 2. The van der Waals surface area contributed by atoms with E-state index in [9.17, 15) is 4.79 Å². The molecule has 1 aliphatic heterocycles. The van der Waals surface area contributed by atoms with Crippen LogP contribution in [-0.2, 0) is 9.53 Å². The molecule has 1 heterocycles. The fourth-order valence-corrected chi connectivity index (χ4v) is 1.20. The maximum absolute atomic E-state index is 11.2. The van der Waals surface area contributed by atoms with Gasteiger partial charge in [-0.2, -0.15) is 0 Å². The summed E-state index contributed by atoms with van der Waals surface area (Å²) in [6, 6.07) is 0.431. The van der Waals surface area contributed by atoms with Gasteiger partial charge in [0.15, 0.2) is 15.4 Å². The Morgan fingerprint density at radius 1 is 1.67 bits per heavy atom. The summed E-state index contributed by atoms with van der Waals surface area (Å²) < 4.78 is 4.86. The van der Waals surface area contributed by atoms with Crippen LogP contribution in [0.15, 0.2) is 0 Å². The van der Waals surface area contributed by atoms with Crippen molar-refractivity contribution in [2.75, 3.05) is 6.54 Å². The highest BCUT2D eigenvalue weighted by atomic mass is 79.9. The van der Waals surface area contributed by atoms with Gasteiger partial charge in [0.25, 0.3) is 0 Å². The van der Waals surface area contributed by atoms with Crippen LogP contribution in [0.2, 0.25) is 0 Å². The van der Waals surface area contributed by atoms with Gasteiger partial charge >= 0.3 is 5.97 Å². The van der Waals surface area contributed by atoms with E-state index in [0.717, 1.165) is 6.54 Å². The largest absolute Gasteiger partial charge is 0.452 e. The van der Waals surface area contributed by atoms with Crippen molar-refractivity contribution in [2.45, 2.75) is 29.2 Å². The normalized spacial score (nSPS) is 22.6. The molecular formula is C7H12Br2NO2+. The van der Waals surface area contributed by atoms with Gasteiger partial charge in [0.05, 0.1) is 0 Å². The third kappa shape index (κ3) is 2.71. The van der Waals surface area contributed by atoms with Gasteiger partial charge in [-0.05, 0) is 13.8 Å². The summed E-state index contributed by atoms with van der Waals surface area (Å²) in [5, 5.41) is 2.14. The second kappa shape index (κ2) is 3.64. The van der Waals surface area contributed by atoms with E-state index < -0.39 is 3.74 Å². The standard InChI is InChI=1S/C7H11Br2NO2/c1-7(2,4-3-10-4)12-6(11)5(8)9/h4-5,10H,3H2,1-2H3/p+1. The van der Waals surface area contributed by atoms with Crippen LogP contribution in [0.4, 0.5) is 0 Å². The number of carbonyl (C=O) groups excluding carboxylic acids is 1. The topological polar surface area (TPSA) is 42.9 Å². The van der Waals surface area contributed by atoms with E-state index in [1.807, 2.05) is 13.8 Å². The molecule has 1 aliphatic rings. The van der Waals surface area contributed by atoms with Crippen LogP contribution >= 0.6 is 31.9 Å². The Morgan fingerprint density at radius 2 is 2.17 bits per heavy atom. The Bertz CT molecular complexity index is 190. The average Bonchev–Trinajstić information content (AvgIpc) is 2.65. The lowest BCUT2D eigenvalue weighted by Gasteiger charge is -2.21. The summed E-state index contributed by atoms with van der Waals surface area (Å²) in [5.74, 6) is -0.264. The number of hydrogen-bond donors (Lipinski definition) is 1. The zero-order valence-electron chi connectivity index (χ0n) is 7.01. The van der Waals surface area contributed by atoms with Gasteiger partial charge in [-0.25, -0.2) is 4.79 Å². The summed E-state index contributed by atoms with van der Waals surface area (Å²) in [4.78, 5) is 11.2. The number of halogens is 2. The second-order valence-electron chi connectivity index (χ2n) is 3.40. The molecule has 3 nitrogen and oxygen atoms in total. The lowest BCUT2D eigenvalue weighted by Crippen LogP contribution is -2.65. The lowest BCUT2D eigenvalue weighted by molar-refractivity contribution is -0.508. The minimum absolute atomic E-state index is 0.264. The monoisotopic (exact) mass is 300 g/mol. The van der Waals surface area contributed by atoms with Crippen molar-refractivity contribution in [3.8, 4) is 0 Å². The van der Waals surface area contributed by atoms with E-state index in [2.05, 4.69) is 37.2 Å². The van der Waals surface area contributed by atoms with Gasteiger partial charge < -0.3 is 10.1 Å². The van der Waals surface area contributed by atoms with Crippen molar-refractivity contribution in [2.24, 2.45) is 0 Å². The number of carbonyl (C=O) groups is 1. The van der Waals surface area contributed by atoms with Crippen molar-refractivity contribution >= 4 is 37.8 Å². The SMILES string of the molecule is CC(C)(OC(=O)C(Br)Br)C1C[NH2+]1. The molecule has 5 heteroatoms. The fraction of sp³-hybridized carbons (Fsp3) is 0.857. The van der Waals surface area contributed by atoms with Crippen molar-refractivity contribution in [1.29, 1.82) is 0 Å². The van der Waals surface area contributed by atoms with Crippen LogP contribution < -0.4 is 5.32 Å². The van der Waals surface area contributed by atoms with E-state index >= 15 is 0 Å². The number of rotatable bonds is 3. The maximum atomic E-state index is 11.2. The predicted molar refractivity (Wildman–Crippen MR) is 52.4 cm³/mol. The minimum atomic E-state index is -0.400. The van der Waals surface area contributed by atoms with Gasteiger partial charge in [0, 0.05) is 0 Å². The first-order valence-corrected chi connectivity index (χ1v) is 5.61. The Kier molecular flexibility index (Phi) is 3.17. The van der Waals surface area contributed by atoms with E-state index in [1.165, 1.54) is 0 Å². The first-order chi connectivity index (χ1) is 5.43. The smallest absolute Gasteiger partial charge is 0.331 e. The molecule has 0 bridgehead atoms. The molecule has 0 aromatic carbocycles. The van der Waals surface area contributed by atoms with Gasteiger partial charge in [0.1, 0.15) is 6.54 Å². The molecule has 12 heavy (non-hydrogen) atoms. The number of hydrogen-bond acceptors (Lipinski definition) is 2. The van der Waals surface area contributed by atoms with E-state index in [-0.39, 0.29) is 11.6 Å². The molecule has 1 unspecified atom stereocenters. The first-order valence-electron chi connectivity index (χ1n) is 3.78. The third-order valence-corrected chi connectivity index (χ3v) is 2.65. The summed E-state index contributed by atoms with van der Waals surface area (Å²) in [6.07, 6.45) is 0. The number of ether oxygens (including phenoxy) is 1. The number of nitrogens with two attached hydrogens (primary N) is 1. The van der Waals surface area contributed by atoms with Crippen molar-refractivity contribution < 1.29 is 14.8 Å². The molecule has 0 aliphatic carbocycles. The van der Waals surface area contributed by atoms with E-state index in [0.29, 0.717) is 6.04 Å². The van der Waals surface area contributed by atoms with Gasteiger partial charge in [-0.3, -0.25) is 0 Å². The molecule has 0 amide bonds. The fourth-order valence-electron chi connectivity index (χ4n) is 1.02. The first kappa shape index (κ1) is 10.5. The zero-order chi connectivity index (χ0) is 9.35. The molecule has 0 radical (unpaired) electrons. The van der Waals surface area contributed by atoms with Crippen LogP contribution in [0, 0.1) is 0 Å². The van der Waals surface area contributed by atoms with Crippen LogP contribution in [0.25, 0.3) is 0 Å². The Morgan fingerprint density at radius 3 is 2.50 bits per heavy atom.